The van der Waals surface area contributed by atoms with Crippen LogP contribution in [0.5, 0.6) is 0 Å². The lowest BCUT2D eigenvalue weighted by Crippen LogP contribution is -2.31. The van der Waals surface area contributed by atoms with Crippen molar-refractivity contribution >= 4 is 29.1 Å². The number of nitrogens with one attached hydrogen (secondary N) is 1. The van der Waals surface area contributed by atoms with Crippen LogP contribution in [0.3, 0.4) is 0 Å². The molecule has 0 aliphatic carbocycles. The molecule has 0 spiro atoms. The summed E-state index contributed by atoms with van der Waals surface area (Å²) in [5, 5.41) is 14.3. The van der Waals surface area contributed by atoms with Crippen molar-refractivity contribution in [2.24, 2.45) is 0 Å². The Bertz CT molecular complexity index is 438. The van der Waals surface area contributed by atoms with Crippen LogP contribution in [0, 0.1) is 10.1 Å². The van der Waals surface area contributed by atoms with Gasteiger partial charge in [0, 0.05) is 30.0 Å². The Hall–Kier alpha value is -0.780. The first kappa shape index (κ1) is 15.3. The summed E-state index contributed by atoms with van der Waals surface area (Å²) in [7, 11) is 0. The van der Waals surface area contributed by atoms with Crippen molar-refractivity contribution in [2.75, 3.05) is 12.8 Å². The average Bonchev–Trinajstić information content (AvgIpc) is 2.31. The van der Waals surface area contributed by atoms with Gasteiger partial charge >= 0.3 is 0 Å². The van der Waals surface area contributed by atoms with Gasteiger partial charge in [0.1, 0.15) is 0 Å². The normalized spacial score (nSPS) is 11.6. The second kappa shape index (κ2) is 6.41. The molecule has 0 heterocycles. The minimum atomic E-state index is -0.445. The Morgan fingerprint density at radius 2 is 2.17 bits per heavy atom. The van der Waals surface area contributed by atoms with Crippen molar-refractivity contribution in [1.82, 2.24) is 5.32 Å². The molecule has 1 aromatic carbocycles. The molecule has 1 rings (SSSR count). The van der Waals surface area contributed by atoms with Crippen LogP contribution in [0.4, 0.5) is 5.69 Å². The molecule has 1 aromatic rings. The van der Waals surface area contributed by atoms with Gasteiger partial charge in [0.05, 0.1) is 9.95 Å². The Kier molecular flexibility index (Phi) is 5.44. The fourth-order valence-electron chi connectivity index (χ4n) is 1.36. The largest absolute Gasteiger partial charge is 0.311 e. The number of hydrogen-bond donors (Lipinski definition) is 1. The molecule has 100 valence electrons. The van der Waals surface area contributed by atoms with Crippen molar-refractivity contribution in [3.05, 3.63) is 38.9 Å². The Labute approximate surface area is 116 Å². The molecular weight excluding hydrogens is 272 g/mol. The van der Waals surface area contributed by atoms with Crippen LogP contribution in [-0.4, -0.2) is 22.5 Å². The fraction of sp³-hybridized carbons (Fsp3) is 0.500. The molecule has 0 saturated carbocycles. The lowest BCUT2D eigenvalue weighted by atomic mass is 10.1. The SMILES string of the molecule is CSC(C)(C)CNCc1ccc([N+](=O)[O-])cc1Cl. The number of benzene rings is 1. The number of nitrogens with zero attached hydrogens (tertiary/aromatic N) is 1. The zero-order chi connectivity index (χ0) is 13.8. The summed E-state index contributed by atoms with van der Waals surface area (Å²) in [5.74, 6) is 0. The van der Waals surface area contributed by atoms with E-state index in [1.54, 1.807) is 17.8 Å². The van der Waals surface area contributed by atoms with Crippen LogP contribution in [0.15, 0.2) is 18.2 Å². The number of rotatable bonds is 6. The van der Waals surface area contributed by atoms with E-state index < -0.39 is 4.92 Å². The Morgan fingerprint density at radius 3 is 2.67 bits per heavy atom. The quantitative estimate of drug-likeness (QED) is 0.643. The Balaban J connectivity index is 2.61. The minimum Gasteiger partial charge on any atom is -0.311 e. The highest BCUT2D eigenvalue weighted by molar-refractivity contribution is 7.99. The van der Waals surface area contributed by atoms with Crippen LogP contribution < -0.4 is 5.32 Å². The fourth-order valence-corrected chi connectivity index (χ4v) is 1.85. The maximum Gasteiger partial charge on any atom is 0.270 e. The summed E-state index contributed by atoms with van der Waals surface area (Å²) in [4.78, 5) is 10.1. The van der Waals surface area contributed by atoms with Crippen LogP contribution in [0.25, 0.3) is 0 Å². The van der Waals surface area contributed by atoms with Gasteiger partial charge in [-0.05, 0) is 31.7 Å². The van der Waals surface area contributed by atoms with Gasteiger partial charge in [-0.3, -0.25) is 10.1 Å². The van der Waals surface area contributed by atoms with E-state index in [1.165, 1.54) is 12.1 Å². The number of halogens is 1. The molecule has 0 radical (unpaired) electrons. The molecule has 0 aromatic heterocycles. The van der Waals surface area contributed by atoms with Gasteiger partial charge in [0.25, 0.3) is 5.69 Å². The maximum absolute atomic E-state index is 10.6. The maximum atomic E-state index is 10.6. The lowest BCUT2D eigenvalue weighted by molar-refractivity contribution is -0.384. The van der Waals surface area contributed by atoms with Gasteiger partial charge in [-0.25, -0.2) is 0 Å². The molecule has 0 saturated heterocycles. The zero-order valence-corrected chi connectivity index (χ0v) is 12.3. The Morgan fingerprint density at radius 1 is 1.50 bits per heavy atom. The number of nitro groups is 1. The monoisotopic (exact) mass is 288 g/mol. The van der Waals surface area contributed by atoms with E-state index in [0.717, 1.165) is 12.1 Å². The van der Waals surface area contributed by atoms with Crippen molar-refractivity contribution < 1.29 is 4.92 Å². The number of thioether (sulfide) groups is 1. The second-order valence-corrected chi connectivity index (χ2v) is 6.52. The molecule has 0 aliphatic heterocycles. The first-order valence-electron chi connectivity index (χ1n) is 5.54. The van der Waals surface area contributed by atoms with E-state index in [0.29, 0.717) is 11.6 Å². The van der Waals surface area contributed by atoms with E-state index in [9.17, 15) is 10.1 Å². The van der Waals surface area contributed by atoms with E-state index >= 15 is 0 Å². The van der Waals surface area contributed by atoms with Crippen LogP contribution >= 0.6 is 23.4 Å². The van der Waals surface area contributed by atoms with Crippen LogP contribution in [0.2, 0.25) is 5.02 Å². The molecule has 1 N–H and O–H groups in total. The van der Waals surface area contributed by atoms with E-state index in [4.69, 9.17) is 11.6 Å². The standard InChI is InChI=1S/C12H17ClN2O2S/c1-12(2,18-3)8-14-7-9-4-5-10(15(16)17)6-11(9)13/h4-6,14H,7-8H2,1-3H3. The van der Waals surface area contributed by atoms with Crippen molar-refractivity contribution in [3.8, 4) is 0 Å². The van der Waals surface area contributed by atoms with Crippen molar-refractivity contribution in [1.29, 1.82) is 0 Å². The van der Waals surface area contributed by atoms with Gasteiger partial charge in [-0.15, -0.1) is 0 Å². The summed E-state index contributed by atoms with van der Waals surface area (Å²) in [6.07, 6.45) is 2.07. The van der Waals surface area contributed by atoms with Crippen molar-refractivity contribution in [2.45, 2.75) is 25.1 Å². The van der Waals surface area contributed by atoms with Gasteiger partial charge in [-0.2, -0.15) is 11.8 Å². The van der Waals surface area contributed by atoms with Gasteiger partial charge < -0.3 is 5.32 Å². The third kappa shape index (κ3) is 4.48. The third-order valence-corrected chi connectivity index (χ3v) is 4.27. The molecule has 6 heteroatoms. The van der Waals surface area contributed by atoms with Gasteiger partial charge in [0.2, 0.25) is 0 Å². The third-order valence-electron chi connectivity index (χ3n) is 2.67. The van der Waals surface area contributed by atoms with E-state index in [1.807, 2.05) is 0 Å². The van der Waals surface area contributed by atoms with E-state index in [-0.39, 0.29) is 10.4 Å². The summed E-state index contributed by atoms with van der Waals surface area (Å²) in [6.45, 7) is 5.77. The number of non-ortho nitro benzene ring substituents is 1. The lowest BCUT2D eigenvalue weighted by Gasteiger charge is -2.22. The van der Waals surface area contributed by atoms with Gasteiger partial charge in [-0.1, -0.05) is 11.6 Å². The molecule has 4 nitrogen and oxygen atoms in total. The second-order valence-electron chi connectivity index (χ2n) is 4.60. The molecule has 0 amide bonds. The smallest absolute Gasteiger partial charge is 0.270 e. The molecule has 18 heavy (non-hydrogen) atoms. The zero-order valence-electron chi connectivity index (χ0n) is 10.7. The van der Waals surface area contributed by atoms with Crippen LogP contribution in [0.1, 0.15) is 19.4 Å². The molecule has 0 aliphatic rings. The first-order valence-corrected chi connectivity index (χ1v) is 7.15. The van der Waals surface area contributed by atoms with Gasteiger partial charge in [0.15, 0.2) is 0 Å². The highest BCUT2D eigenvalue weighted by Gasteiger charge is 2.15. The molecule has 0 unspecified atom stereocenters. The topological polar surface area (TPSA) is 55.2 Å². The molecule has 0 fully saturated rings. The molecular formula is C12H17ClN2O2S. The predicted molar refractivity (Wildman–Crippen MR) is 77.4 cm³/mol. The molecule has 0 bridgehead atoms. The summed E-state index contributed by atoms with van der Waals surface area (Å²) in [6, 6.07) is 4.56. The first-order chi connectivity index (χ1) is 8.35. The minimum absolute atomic E-state index is 0.0215. The number of hydrogen-bond acceptors (Lipinski definition) is 4. The highest BCUT2D eigenvalue weighted by atomic mass is 35.5. The average molecular weight is 289 g/mol. The summed E-state index contributed by atoms with van der Waals surface area (Å²) < 4.78 is 0.160. The van der Waals surface area contributed by atoms with E-state index in [2.05, 4.69) is 25.4 Å². The highest BCUT2D eigenvalue weighted by Crippen LogP contribution is 2.23. The van der Waals surface area contributed by atoms with Crippen molar-refractivity contribution in [3.63, 3.8) is 0 Å². The molecule has 0 atom stereocenters. The predicted octanol–water partition coefficient (Wildman–Crippen LogP) is 3.48. The summed E-state index contributed by atoms with van der Waals surface area (Å²) >= 11 is 7.80. The number of nitro benzene ring substituents is 1. The van der Waals surface area contributed by atoms with Crippen LogP contribution in [-0.2, 0) is 6.54 Å². The summed E-state index contributed by atoms with van der Waals surface area (Å²) in [5.41, 5.74) is 0.896.